The number of hydrogen-bond donors (Lipinski definition) is 1. The summed E-state index contributed by atoms with van der Waals surface area (Å²) in [4.78, 5) is 12.6. The molecular weight excluding hydrogens is 408 g/mol. The molecule has 1 amide bonds. The maximum absolute atomic E-state index is 12.6. The van der Waals surface area contributed by atoms with Gasteiger partial charge in [-0.25, -0.2) is 0 Å². The number of nitriles is 1. The number of hydrogen-bond acceptors (Lipinski definition) is 3. The van der Waals surface area contributed by atoms with Gasteiger partial charge in [-0.05, 0) is 60.9 Å². The zero-order valence-electron chi connectivity index (χ0n) is 17.5. The van der Waals surface area contributed by atoms with Gasteiger partial charge < -0.3 is 10.1 Å². The van der Waals surface area contributed by atoms with Crippen LogP contribution < -0.4 is 10.1 Å². The summed E-state index contributed by atoms with van der Waals surface area (Å²) in [5, 5.41) is 12.8. The van der Waals surface area contributed by atoms with Crippen molar-refractivity contribution in [1.29, 1.82) is 5.26 Å². The van der Waals surface area contributed by atoms with Crippen molar-refractivity contribution < 1.29 is 9.53 Å². The number of rotatable bonds is 7. The monoisotopic (exact) mass is 430 g/mol. The van der Waals surface area contributed by atoms with Crippen LogP contribution in [0.3, 0.4) is 0 Å². The maximum Gasteiger partial charge on any atom is 0.266 e. The summed E-state index contributed by atoms with van der Waals surface area (Å²) >= 11 is 6.15. The van der Waals surface area contributed by atoms with Crippen LogP contribution in [0, 0.1) is 18.3 Å². The summed E-state index contributed by atoms with van der Waals surface area (Å²) < 4.78 is 5.94. The van der Waals surface area contributed by atoms with Crippen molar-refractivity contribution >= 4 is 29.3 Å². The molecule has 1 N–H and O–H groups in total. The van der Waals surface area contributed by atoms with Crippen LogP contribution in [0.4, 0.5) is 5.69 Å². The number of halogens is 1. The van der Waals surface area contributed by atoms with Crippen molar-refractivity contribution in [2.45, 2.75) is 26.9 Å². The van der Waals surface area contributed by atoms with E-state index in [0.717, 1.165) is 12.0 Å². The minimum absolute atomic E-state index is 0.0398. The molecule has 0 spiro atoms. The fourth-order valence-corrected chi connectivity index (χ4v) is 3.12. The molecule has 0 unspecified atom stereocenters. The van der Waals surface area contributed by atoms with Gasteiger partial charge in [0.05, 0.1) is 0 Å². The van der Waals surface area contributed by atoms with E-state index in [0.29, 0.717) is 28.6 Å². The molecule has 0 aliphatic heterocycles. The van der Waals surface area contributed by atoms with Crippen molar-refractivity contribution in [2.24, 2.45) is 0 Å². The van der Waals surface area contributed by atoms with Crippen LogP contribution in [0.15, 0.2) is 72.3 Å². The second kappa shape index (κ2) is 10.5. The van der Waals surface area contributed by atoms with Crippen LogP contribution in [0.25, 0.3) is 6.08 Å². The van der Waals surface area contributed by atoms with Gasteiger partial charge in [-0.1, -0.05) is 60.5 Å². The lowest BCUT2D eigenvalue weighted by molar-refractivity contribution is -0.112. The Morgan fingerprint density at radius 1 is 1.06 bits per heavy atom. The number of carbonyl (C=O) groups is 1. The van der Waals surface area contributed by atoms with Crippen LogP contribution in [-0.4, -0.2) is 5.91 Å². The van der Waals surface area contributed by atoms with Crippen LogP contribution in [0.2, 0.25) is 5.02 Å². The van der Waals surface area contributed by atoms with Gasteiger partial charge >= 0.3 is 0 Å². The zero-order chi connectivity index (χ0) is 22.2. The number of amides is 1. The highest BCUT2D eigenvalue weighted by atomic mass is 35.5. The van der Waals surface area contributed by atoms with E-state index >= 15 is 0 Å². The standard InChI is InChI=1S/C26H23ClN2O2/c1-3-19-8-11-24(12-9-19)29-26(30)22(16-28)14-21-15-23(27)10-13-25(21)31-17-20-6-4-18(2)5-7-20/h4-15H,3,17H2,1-2H3,(H,29,30)/b22-14+. The number of anilines is 1. The number of nitrogens with one attached hydrogen (secondary N) is 1. The first kappa shape index (κ1) is 22.1. The van der Waals surface area contributed by atoms with Crippen LogP contribution in [-0.2, 0) is 17.8 Å². The third-order valence-electron chi connectivity index (χ3n) is 4.77. The summed E-state index contributed by atoms with van der Waals surface area (Å²) in [5.41, 5.74) is 4.51. The molecule has 0 aliphatic rings. The molecule has 0 aromatic heterocycles. The van der Waals surface area contributed by atoms with Gasteiger partial charge in [0.15, 0.2) is 0 Å². The first-order valence-corrected chi connectivity index (χ1v) is 10.4. The lowest BCUT2D eigenvalue weighted by atomic mass is 10.1. The van der Waals surface area contributed by atoms with Gasteiger partial charge in [-0.3, -0.25) is 4.79 Å². The van der Waals surface area contributed by atoms with E-state index in [4.69, 9.17) is 16.3 Å². The third-order valence-corrected chi connectivity index (χ3v) is 5.01. The highest BCUT2D eigenvalue weighted by Gasteiger charge is 2.12. The SMILES string of the molecule is CCc1ccc(NC(=O)/C(C#N)=C/c2cc(Cl)ccc2OCc2ccc(C)cc2)cc1. The molecule has 31 heavy (non-hydrogen) atoms. The second-order valence-corrected chi connectivity index (χ2v) is 7.57. The quantitative estimate of drug-likeness (QED) is 0.351. The number of aryl methyl sites for hydroxylation is 2. The van der Waals surface area contributed by atoms with Crippen molar-refractivity contribution in [2.75, 3.05) is 5.32 Å². The van der Waals surface area contributed by atoms with Gasteiger partial charge in [-0.2, -0.15) is 5.26 Å². The lowest BCUT2D eigenvalue weighted by Crippen LogP contribution is -2.13. The molecule has 0 fully saturated rings. The van der Waals surface area contributed by atoms with Crippen molar-refractivity contribution in [3.8, 4) is 11.8 Å². The van der Waals surface area contributed by atoms with Crippen LogP contribution >= 0.6 is 11.6 Å². The molecule has 3 rings (SSSR count). The Labute approximate surface area is 187 Å². The van der Waals surface area contributed by atoms with Crippen molar-refractivity contribution in [3.05, 3.63) is 99.6 Å². The van der Waals surface area contributed by atoms with E-state index in [1.807, 2.05) is 61.5 Å². The first-order chi connectivity index (χ1) is 15.0. The summed E-state index contributed by atoms with van der Waals surface area (Å²) in [6.07, 6.45) is 2.41. The van der Waals surface area contributed by atoms with E-state index in [2.05, 4.69) is 12.2 Å². The number of ether oxygens (including phenoxy) is 1. The summed E-state index contributed by atoms with van der Waals surface area (Å²) in [7, 11) is 0. The third kappa shape index (κ3) is 6.21. The van der Waals surface area contributed by atoms with Gasteiger partial charge in [0.25, 0.3) is 5.91 Å². The first-order valence-electron chi connectivity index (χ1n) is 9.98. The molecular formula is C26H23ClN2O2. The summed E-state index contributed by atoms with van der Waals surface area (Å²) in [5.74, 6) is 0.0500. The number of carbonyl (C=O) groups excluding carboxylic acids is 1. The summed E-state index contributed by atoms with van der Waals surface area (Å²) in [6, 6.07) is 22.7. The molecule has 4 nitrogen and oxygen atoms in total. The fourth-order valence-electron chi connectivity index (χ4n) is 2.94. The Kier molecular flexibility index (Phi) is 7.48. The topological polar surface area (TPSA) is 62.1 Å². The lowest BCUT2D eigenvalue weighted by Gasteiger charge is -2.11. The van der Waals surface area contributed by atoms with E-state index < -0.39 is 5.91 Å². The fraction of sp³-hybridized carbons (Fsp3) is 0.154. The Hall–Kier alpha value is -3.55. The molecule has 3 aromatic carbocycles. The van der Waals surface area contributed by atoms with E-state index in [1.54, 1.807) is 18.2 Å². The predicted molar refractivity (Wildman–Crippen MR) is 125 cm³/mol. The van der Waals surface area contributed by atoms with Crippen LogP contribution in [0.1, 0.15) is 29.2 Å². The van der Waals surface area contributed by atoms with Gasteiger partial charge in [0.2, 0.25) is 0 Å². The molecule has 0 aliphatic carbocycles. The van der Waals surface area contributed by atoms with Crippen LogP contribution in [0.5, 0.6) is 5.75 Å². The van der Waals surface area contributed by atoms with Crippen molar-refractivity contribution in [1.82, 2.24) is 0 Å². The average molecular weight is 431 g/mol. The highest BCUT2D eigenvalue weighted by molar-refractivity contribution is 6.30. The molecule has 5 heteroatoms. The minimum atomic E-state index is -0.490. The number of nitrogens with zero attached hydrogens (tertiary/aromatic N) is 1. The Morgan fingerprint density at radius 2 is 1.74 bits per heavy atom. The molecule has 0 saturated carbocycles. The molecule has 156 valence electrons. The van der Waals surface area contributed by atoms with E-state index in [9.17, 15) is 10.1 Å². The summed E-state index contributed by atoms with van der Waals surface area (Å²) in [6.45, 7) is 4.45. The minimum Gasteiger partial charge on any atom is -0.488 e. The van der Waals surface area contributed by atoms with E-state index in [1.165, 1.54) is 17.2 Å². The molecule has 0 radical (unpaired) electrons. The largest absolute Gasteiger partial charge is 0.488 e. The number of benzene rings is 3. The Morgan fingerprint density at radius 3 is 2.39 bits per heavy atom. The van der Waals surface area contributed by atoms with Crippen molar-refractivity contribution in [3.63, 3.8) is 0 Å². The maximum atomic E-state index is 12.6. The molecule has 3 aromatic rings. The van der Waals surface area contributed by atoms with E-state index in [-0.39, 0.29) is 5.57 Å². The highest BCUT2D eigenvalue weighted by Crippen LogP contribution is 2.26. The molecule has 0 heterocycles. The predicted octanol–water partition coefficient (Wildman–Crippen LogP) is 6.34. The normalized spacial score (nSPS) is 11.0. The molecule has 0 atom stereocenters. The van der Waals surface area contributed by atoms with Gasteiger partial charge in [-0.15, -0.1) is 0 Å². The molecule has 0 saturated heterocycles. The van der Waals surface area contributed by atoms with Gasteiger partial charge in [0, 0.05) is 16.3 Å². The zero-order valence-corrected chi connectivity index (χ0v) is 18.2. The molecule has 0 bridgehead atoms. The average Bonchev–Trinajstić information content (AvgIpc) is 2.78. The second-order valence-electron chi connectivity index (χ2n) is 7.13. The smallest absolute Gasteiger partial charge is 0.266 e. The van der Waals surface area contributed by atoms with Gasteiger partial charge in [0.1, 0.15) is 24.0 Å². The Bertz CT molecular complexity index is 1130. The Balaban J connectivity index is 1.80.